The summed E-state index contributed by atoms with van der Waals surface area (Å²) in [5.74, 6) is 0. The molecule has 0 saturated heterocycles. The maximum absolute atomic E-state index is 9.00. The fourth-order valence-electron chi connectivity index (χ4n) is 0.212. The molecule has 0 aliphatic carbocycles. The Morgan fingerprint density at radius 3 is 1.92 bits per heavy atom. The normalized spacial score (nSPS) is 13.3. The SMILES string of the molecule is [B]C([B])(CN)SSC(O)(O)CN. The summed E-state index contributed by atoms with van der Waals surface area (Å²) in [6.07, 6.45) is 0. The van der Waals surface area contributed by atoms with Crippen molar-refractivity contribution >= 4 is 37.3 Å². The summed E-state index contributed by atoms with van der Waals surface area (Å²) in [6, 6.07) is 0. The molecule has 0 aliphatic rings. The molecule has 8 heteroatoms. The van der Waals surface area contributed by atoms with E-state index in [0.717, 1.165) is 10.8 Å². The molecule has 0 fully saturated rings. The van der Waals surface area contributed by atoms with Crippen molar-refractivity contribution < 1.29 is 10.2 Å². The summed E-state index contributed by atoms with van der Waals surface area (Å²) in [5.41, 5.74) is 10.2. The highest BCUT2D eigenvalue weighted by molar-refractivity contribution is 8.78. The fraction of sp³-hybridized carbons (Fsp3) is 1.00. The van der Waals surface area contributed by atoms with Crippen LogP contribution in [0.1, 0.15) is 0 Å². The monoisotopic (exact) mass is 204 g/mol. The van der Waals surface area contributed by atoms with Gasteiger partial charge in [0.2, 0.25) is 5.12 Å². The Morgan fingerprint density at radius 2 is 1.58 bits per heavy atom. The van der Waals surface area contributed by atoms with Gasteiger partial charge in [-0.2, -0.15) is 0 Å². The van der Waals surface area contributed by atoms with Crippen LogP contribution in [0.15, 0.2) is 0 Å². The van der Waals surface area contributed by atoms with Gasteiger partial charge in [0.05, 0.1) is 22.2 Å². The highest BCUT2D eigenvalue weighted by Gasteiger charge is 2.26. The average Bonchev–Trinajstić information content (AvgIpc) is 2.02. The molecule has 0 atom stereocenters. The zero-order valence-electron chi connectivity index (χ0n) is 6.43. The molecule has 0 aliphatic heterocycles. The molecule has 6 N–H and O–H groups in total. The summed E-state index contributed by atoms with van der Waals surface area (Å²) in [7, 11) is 12.4. The molecule has 0 saturated carbocycles. The van der Waals surface area contributed by atoms with Crippen molar-refractivity contribution in [3.63, 3.8) is 0 Å². The van der Waals surface area contributed by atoms with Gasteiger partial charge in [-0.25, -0.2) is 0 Å². The number of hydrogen-bond acceptors (Lipinski definition) is 6. The van der Waals surface area contributed by atoms with Crippen LogP contribution in [0.3, 0.4) is 0 Å². The Bertz CT molecular complexity index is 131. The van der Waals surface area contributed by atoms with Gasteiger partial charge in [-0.1, -0.05) is 10.8 Å². The highest BCUT2D eigenvalue weighted by Crippen LogP contribution is 2.37. The Morgan fingerprint density at radius 1 is 1.08 bits per heavy atom. The van der Waals surface area contributed by atoms with Gasteiger partial charge in [0.25, 0.3) is 0 Å². The lowest BCUT2D eigenvalue weighted by atomic mass is 9.70. The van der Waals surface area contributed by atoms with Crippen LogP contribution in [-0.4, -0.2) is 48.7 Å². The van der Waals surface area contributed by atoms with Crippen LogP contribution in [0.5, 0.6) is 0 Å². The largest absolute Gasteiger partial charge is 0.356 e. The Labute approximate surface area is 82.1 Å². The van der Waals surface area contributed by atoms with Crippen LogP contribution in [0.2, 0.25) is 0 Å². The number of nitrogens with two attached hydrogens (primary N) is 2. The van der Waals surface area contributed by atoms with Crippen LogP contribution in [0, 0.1) is 0 Å². The zero-order valence-corrected chi connectivity index (χ0v) is 8.07. The molecule has 0 aromatic carbocycles. The average molecular weight is 204 g/mol. The van der Waals surface area contributed by atoms with Crippen molar-refractivity contribution in [3.05, 3.63) is 0 Å². The minimum atomic E-state index is -2.01. The molecule has 66 valence electrons. The third-order valence-corrected chi connectivity index (χ3v) is 3.89. The van der Waals surface area contributed by atoms with Gasteiger partial charge in [0.15, 0.2) is 0 Å². The van der Waals surface area contributed by atoms with Crippen molar-refractivity contribution in [1.29, 1.82) is 0 Å². The van der Waals surface area contributed by atoms with Gasteiger partial charge < -0.3 is 21.7 Å². The van der Waals surface area contributed by atoms with Crippen LogP contribution < -0.4 is 11.5 Å². The van der Waals surface area contributed by atoms with E-state index in [2.05, 4.69) is 0 Å². The standard InChI is InChI=1S/C4H10B2N2O2S2/c5-3(6,1-7)11-12-4(9,10)2-8/h9-10H,1-2,7-8H2. The van der Waals surface area contributed by atoms with Gasteiger partial charge in [0, 0.05) is 0 Å². The Hall–Kier alpha value is 0.670. The van der Waals surface area contributed by atoms with Crippen LogP contribution in [0.25, 0.3) is 0 Å². The first-order valence-electron chi connectivity index (χ1n) is 3.12. The summed E-state index contributed by atoms with van der Waals surface area (Å²) >= 11 is 0. The van der Waals surface area contributed by atoms with E-state index >= 15 is 0 Å². The van der Waals surface area contributed by atoms with E-state index in [1.807, 2.05) is 0 Å². The van der Waals surface area contributed by atoms with E-state index in [1.165, 1.54) is 0 Å². The van der Waals surface area contributed by atoms with Gasteiger partial charge in [0.1, 0.15) is 0 Å². The van der Waals surface area contributed by atoms with Gasteiger partial charge in [-0.15, -0.1) is 0 Å². The van der Waals surface area contributed by atoms with E-state index < -0.39 is 9.66 Å². The molecule has 0 rings (SSSR count). The first-order valence-corrected chi connectivity index (χ1v) is 5.27. The predicted molar refractivity (Wildman–Crippen MR) is 54.7 cm³/mol. The van der Waals surface area contributed by atoms with E-state index in [4.69, 9.17) is 37.4 Å². The quantitative estimate of drug-likeness (QED) is 0.233. The molecule has 4 radical (unpaired) electrons. The first-order chi connectivity index (χ1) is 5.33. The number of hydrogen-bond donors (Lipinski definition) is 4. The predicted octanol–water partition coefficient (Wildman–Crippen LogP) is -2.09. The molecule has 0 aromatic rings. The third-order valence-electron chi connectivity index (χ3n) is 0.915. The van der Waals surface area contributed by atoms with Crippen molar-refractivity contribution in [1.82, 2.24) is 0 Å². The third kappa shape index (κ3) is 5.34. The van der Waals surface area contributed by atoms with E-state index in [-0.39, 0.29) is 13.1 Å². The molecule has 0 spiro atoms. The molecule has 0 amide bonds. The van der Waals surface area contributed by atoms with Crippen LogP contribution in [-0.2, 0) is 0 Å². The summed E-state index contributed by atoms with van der Waals surface area (Å²) < 4.78 is -1.17. The molecule has 12 heavy (non-hydrogen) atoms. The second-order valence-electron chi connectivity index (χ2n) is 2.27. The minimum absolute atomic E-state index is 0.0331. The smallest absolute Gasteiger partial charge is 0.235 e. The van der Waals surface area contributed by atoms with Crippen molar-refractivity contribution in [2.45, 2.75) is 9.66 Å². The number of rotatable bonds is 5. The zero-order chi connectivity index (χ0) is 9.83. The number of aliphatic hydroxyl groups is 2. The highest BCUT2D eigenvalue weighted by atomic mass is 33.1. The lowest BCUT2D eigenvalue weighted by Gasteiger charge is -2.26. The molecule has 0 bridgehead atoms. The summed E-state index contributed by atoms with van der Waals surface area (Å²) in [5, 5.41) is 16.0. The summed E-state index contributed by atoms with van der Waals surface area (Å²) in [4.78, 5) is 0. The lowest BCUT2D eigenvalue weighted by Crippen LogP contribution is -2.38. The molecule has 0 heterocycles. The fourth-order valence-corrected chi connectivity index (χ4v) is 1.91. The van der Waals surface area contributed by atoms with Crippen LogP contribution >= 0.6 is 21.6 Å². The molecule has 0 aromatic heterocycles. The van der Waals surface area contributed by atoms with Gasteiger partial charge >= 0.3 is 0 Å². The van der Waals surface area contributed by atoms with Crippen LogP contribution in [0.4, 0.5) is 0 Å². The topological polar surface area (TPSA) is 92.5 Å². The van der Waals surface area contributed by atoms with Gasteiger partial charge in [-0.3, -0.25) is 0 Å². The molecular formula is C4H10B2N2O2S2. The second-order valence-corrected chi connectivity index (χ2v) is 5.02. The van der Waals surface area contributed by atoms with E-state index in [1.54, 1.807) is 0 Å². The maximum atomic E-state index is 9.00. The van der Waals surface area contributed by atoms with E-state index in [0.29, 0.717) is 10.8 Å². The molecular weight excluding hydrogens is 194 g/mol. The Balaban J connectivity index is 3.82. The molecule has 4 nitrogen and oxygen atoms in total. The van der Waals surface area contributed by atoms with Crippen molar-refractivity contribution in [3.8, 4) is 0 Å². The first kappa shape index (κ1) is 12.7. The minimum Gasteiger partial charge on any atom is -0.356 e. The van der Waals surface area contributed by atoms with Crippen molar-refractivity contribution in [2.24, 2.45) is 11.5 Å². The lowest BCUT2D eigenvalue weighted by molar-refractivity contribution is -0.0654. The van der Waals surface area contributed by atoms with Gasteiger partial charge in [-0.05, 0) is 21.9 Å². The molecule has 0 unspecified atom stereocenters. The second kappa shape index (κ2) is 4.78. The maximum Gasteiger partial charge on any atom is 0.235 e. The summed E-state index contributed by atoms with van der Waals surface area (Å²) in [6.45, 7) is -0.267. The Kier molecular flexibility index (Phi) is 5.05. The van der Waals surface area contributed by atoms with E-state index in [9.17, 15) is 0 Å². The van der Waals surface area contributed by atoms with Crippen molar-refractivity contribution in [2.75, 3.05) is 13.1 Å².